The fraction of sp³-hybridized carbons (Fsp3) is 0.950. The summed E-state index contributed by atoms with van der Waals surface area (Å²) >= 11 is 0. The van der Waals surface area contributed by atoms with E-state index in [-0.39, 0.29) is 13.2 Å². The van der Waals surface area contributed by atoms with Gasteiger partial charge in [0.15, 0.2) is 14.7 Å². The fourth-order valence-electron chi connectivity index (χ4n) is 6.29. The molecule has 0 amide bonds. The smallest absolute Gasteiger partial charge is 0.328 e. The summed E-state index contributed by atoms with van der Waals surface area (Å²) in [4.78, 5) is 24.0. The van der Waals surface area contributed by atoms with Crippen LogP contribution in [0.1, 0.15) is 206 Å². The van der Waals surface area contributed by atoms with E-state index in [4.69, 9.17) is 9.05 Å². The zero-order valence-electron chi connectivity index (χ0n) is 34.4. The minimum atomic E-state index is -4.93. The van der Waals surface area contributed by atoms with Crippen molar-refractivity contribution in [1.82, 2.24) is 0 Å². The first-order chi connectivity index (χ1) is 25.3. The lowest BCUT2D eigenvalue weighted by Gasteiger charge is -2.14. The van der Waals surface area contributed by atoms with E-state index >= 15 is 0 Å². The van der Waals surface area contributed by atoms with Crippen LogP contribution in [-0.4, -0.2) is 59.2 Å². The lowest BCUT2D eigenvalue weighted by Crippen LogP contribution is -2.20. The van der Waals surface area contributed by atoms with Crippen LogP contribution >= 0.6 is 14.7 Å². The molecule has 0 rings (SSSR count). The molecule has 2 unspecified atom stereocenters. The van der Waals surface area contributed by atoms with Crippen LogP contribution < -0.4 is 0 Å². The Balaban J connectivity index is 3.89. The second-order valence-electron chi connectivity index (χ2n) is 15.2. The molecule has 13 heteroatoms. The Hall–Kier alpha value is -0.730. The minimum absolute atomic E-state index is 0.270. The first-order valence-electron chi connectivity index (χ1n) is 21.4. The molecule has 0 N–H and O–H groups in total. The van der Waals surface area contributed by atoms with Crippen LogP contribution in [0.5, 0.6) is 0 Å². The molecule has 0 heterocycles. The van der Waals surface area contributed by atoms with Crippen LogP contribution in [0.15, 0.2) is 0 Å². The molecule has 0 spiro atoms. The van der Waals surface area contributed by atoms with Crippen LogP contribution in [-0.2, 0) is 46.5 Å². The highest BCUT2D eigenvalue weighted by Crippen LogP contribution is 2.44. The highest BCUT2D eigenvalue weighted by Gasteiger charge is 2.25. The molecule has 53 heavy (non-hydrogen) atoms. The summed E-state index contributed by atoms with van der Waals surface area (Å²) in [6, 6.07) is 0. The summed E-state index contributed by atoms with van der Waals surface area (Å²) in [5.41, 5.74) is 0. The normalized spacial score (nSPS) is 14.1. The van der Waals surface area contributed by atoms with E-state index in [2.05, 4.69) is 22.2 Å². The lowest BCUT2D eigenvalue weighted by atomic mass is 10.0. The molecule has 0 aromatic heterocycles. The van der Waals surface area contributed by atoms with E-state index in [1.165, 1.54) is 155 Å². The molecule has 0 saturated carbocycles. The number of carbonyl (C=O) groups excluding carboxylic acids is 2. The van der Waals surface area contributed by atoms with Gasteiger partial charge >= 0.3 is 22.3 Å². The lowest BCUT2D eigenvalue weighted by molar-refractivity contribution is -0.138. The van der Waals surface area contributed by atoms with E-state index in [0.29, 0.717) is 12.3 Å². The third kappa shape index (κ3) is 37.9. The molecule has 0 bridgehead atoms. The van der Waals surface area contributed by atoms with Gasteiger partial charge in [0.25, 0.3) is 0 Å². The Labute approximate surface area is 326 Å². The quantitative estimate of drug-likeness (QED) is 0.0434. The zero-order valence-corrected chi connectivity index (χ0v) is 37.0. The molecule has 0 aliphatic heterocycles. The van der Waals surface area contributed by atoms with Gasteiger partial charge in [-0.2, -0.15) is 0 Å². The van der Waals surface area contributed by atoms with Crippen LogP contribution in [0.3, 0.4) is 0 Å². The summed E-state index contributed by atoms with van der Waals surface area (Å²) in [5.74, 6) is -2.37. The monoisotopic (exact) mass is 814 g/mol. The first kappa shape index (κ1) is 52.3. The number of unbranched alkanes of at least 4 members (excludes halogenated alkanes) is 26. The number of hydrogen-bond donors (Lipinski definition) is 0. The maximum Gasteiger partial charge on any atom is 0.506 e. The molecule has 0 aromatic rings. The maximum atomic E-state index is 12.7. The second kappa shape index (κ2) is 34.5. The third-order valence-corrected chi connectivity index (χ3v) is 14.1. The van der Waals surface area contributed by atoms with Crippen LogP contribution in [0.2, 0.25) is 0 Å². The van der Waals surface area contributed by atoms with Crippen molar-refractivity contribution in [3.8, 4) is 0 Å². The van der Waals surface area contributed by atoms with Gasteiger partial charge in [0.1, 0.15) is 0 Å². The molecule has 0 aliphatic rings. The van der Waals surface area contributed by atoms with Gasteiger partial charge in [-0.3, -0.25) is 18.7 Å². The molecule has 0 fully saturated rings. The van der Waals surface area contributed by atoms with Gasteiger partial charge in [0, 0.05) is 25.7 Å². The molecule has 0 aliphatic carbocycles. The Morgan fingerprint density at radius 2 is 0.642 bits per heavy atom. The average Bonchev–Trinajstić information content (AvgIpc) is 3.07. The molecule has 2 atom stereocenters. The topological polar surface area (TPSA) is 139 Å². The van der Waals surface area contributed by atoms with E-state index < -0.39 is 49.9 Å². The van der Waals surface area contributed by atoms with Crippen LogP contribution in [0, 0.1) is 0 Å². The summed E-state index contributed by atoms with van der Waals surface area (Å²) in [6.45, 7) is 6.97. The van der Waals surface area contributed by atoms with E-state index in [1.54, 1.807) is 0 Å². The number of carbonyl (C=O) groups is 2. The Bertz CT molecular complexity index is 1020. The molecule has 0 radical (unpaired) electrons. The highest BCUT2D eigenvalue weighted by molar-refractivity contribution is 7.82. The van der Waals surface area contributed by atoms with Gasteiger partial charge in [-0.15, -0.1) is 8.42 Å². The zero-order chi connectivity index (χ0) is 39.5. The van der Waals surface area contributed by atoms with Crippen molar-refractivity contribution in [3.05, 3.63) is 0 Å². The molecule has 10 nitrogen and oxygen atoms in total. The van der Waals surface area contributed by atoms with Crippen LogP contribution in [0.25, 0.3) is 0 Å². The Morgan fingerprint density at radius 1 is 0.415 bits per heavy atom. The van der Waals surface area contributed by atoms with Crippen molar-refractivity contribution in [1.29, 1.82) is 0 Å². The van der Waals surface area contributed by atoms with Gasteiger partial charge in [0.05, 0.1) is 26.1 Å². The van der Waals surface area contributed by atoms with Gasteiger partial charge in [-0.25, -0.2) is 0 Å². The predicted molar refractivity (Wildman–Crippen MR) is 220 cm³/mol. The largest absolute Gasteiger partial charge is 0.506 e. The first-order valence-corrected chi connectivity index (χ1v) is 27.3. The maximum absolute atomic E-state index is 12.7. The van der Waals surface area contributed by atoms with Crippen molar-refractivity contribution < 1.29 is 44.6 Å². The van der Waals surface area contributed by atoms with Crippen molar-refractivity contribution in [2.45, 2.75) is 206 Å². The Morgan fingerprint density at radius 3 is 0.887 bits per heavy atom. The standard InChI is InChI=1S/C40H80O10P2S/c1-5-7-9-11-13-15-17-19-21-23-25-27-29-31-37-51(3,43)47-35-33-39(41)49-53(45,46)50-40(42)34-36-48-52(4,44)38-32-30-28-26-24-22-20-18-16-14-12-10-8-6-2/h5-38H2,1-4H3. The SMILES string of the molecule is CCCCCCCCCCCCCCCCP(C)(=O)OCCC(=O)OS(=O)(=O)OC(=O)CCOP(C)(=O)CCCCCCCCCCCCCCCC. The van der Waals surface area contributed by atoms with E-state index in [1.807, 2.05) is 0 Å². The summed E-state index contributed by atoms with van der Waals surface area (Å²) in [5, 5.41) is 0. The number of hydrogen-bond acceptors (Lipinski definition) is 10. The van der Waals surface area contributed by atoms with Crippen molar-refractivity contribution >= 4 is 37.1 Å². The van der Waals surface area contributed by atoms with Crippen molar-refractivity contribution in [2.24, 2.45) is 0 Å². The predicted octanol–water partition coefficient (Wildman–Crippen LogP) is 12.9. The van der Waals surface area contributed by atoms with E-state index in [9.17, 15) is 27.1 Å². The van der Waals surface area contributed by atoms with Gasteiger partial charge in [-0.05, 0) is 12.8 Å². The van der Waals surface area contributed by atoms with Crippen LogP contribution in [0.4, 0.5) is 0 Å². The van der Waals surface area contributed by atoms with E-state index in [0.717, 1.165) is 38.5 Å². The summed E-state index contributed by atoms with van der Waals surface area (Å²) in [6.07, 6.45) is 34.2. The molecule has 0 aromatic carbocycles. The van der Waals surface area contributed by atoms with Gasteiger partial charge in [-0.1, -0.05) is 181 Å². The average molecular weight is 815 g/mol. The van der Waals surface area contributed by atoms with Crippen molar-refractivity contribution in [3.63, 3.8) is 0 Å². The molecular weight excluding hydrogens is 734 g/mol. The summed E-state index contributed by atoms with van der Waals surface area (Å²) < 4.78 is 68.8. The third-order valence-electron chi connectivity index (χ3n) is 9.57. The molecule has 0 saturated heterocycles. The molecular formula is C40H80O10P2S. The van der Waals surface area contributed by atoms with Gasteiger partial charge in [0.2, 0.25) is 0 Å². The Kier molecular flexibility index (Phi) is 34.0. The minimum Gasteiger partial charge on any atom is -0.328 e. The second-order valence-corrected chi connectivity index (χ2v) is 21.8. The van der Waals surface area contributed by atoms with Gasteiger partial charge < -0.3 is 17.4 Å². The fourth-order valence-corrected chi connectivity index (χ4v) is 9.75. The highest BCUT2D eigenvalue weighted by atomic mass is 32.3. The van der Waals surface area contributed by atoms with Crippen molar-refractivity contribution in [2.75, 3.05) is 38.9 Å². The molecule has 316 valence electrons. The summed E-state index contributed by atoms with van der Waals surface area (Å²) in [7, 11) is -10.8. The number of rotatable bonds is 40.